The fraction of sp³-hybridized carbons (Fsp3) is 0.400. The summed E-state index contributed by atoms with van der Waals surface area (Å²) in [6, 6.07) is 4.26. The summed E-state index contributed by atoms with van der Waals surface area (Å²) in [6.07, 6.45) is 6.57. The van der Waals surface area contributed by atoms with Crippen molar-refractivity contribution in [3.05, 3.63) is 41.0 Å². The quantitative estimate of drug-likeness (QED) is 0.667. The number of nitrogens with one attached hydrogen (secondary N) is 1. The van der Waals surface area contributed by atoms with Gasteiger partial charge in [-0.05, 0) is 56.4 Å². The summed E-state index contributed by atoms with van der Waals surface area (Å²) < 4.78 is 22.5. The van der Waals surface area contributed by atoms with Gasteiger partial charge in [-0.1, -0.05) is 11.6 Å². The molecule has 0 bridgehead atoms. The van der Waals surface area contributed by atoms with E-state index in [1.54, 1.807) is 6.92 Å². The molecule has 1 aliphatic carbocycles. The van der Waals surface area contributed by atoms with E-state index in [0.717, 1.165) is 19.3 Å². The van der Waals surface area contributed by atoms with Gasteiger partial charge in [0.1, 0.15) is 0 Å². The number of allylic oxidation sites excluding steroid dienone is 1. The van der Waals surface area contributed by atoms with Crippen LogP contribution < -0.4 is 5.32 Å². The second kappa shape index (κ2) is 6.62. The maximum Gasteiger partial charge on any atom is 0.261 e. The minimum Gasteiger partial charge on any atom is -0.352 e. The maximum absolute atomic E-state index is 12.1. The summed E-state index contributed by atoms with van der Waals surface area (Å²) >= 11 is 0. The number of hydrogen-bond donors (Lipinski definition) is 1. The van der Waals surface area contributed by atoms with Crippen molar-refractivity contribution >= 4 is 25.6 Å². The molecule has 1 aliphatic rings. The van der Waals surface area contributed by atoms with Crippen LogP contribution in [0.1, 0.15) is 41.6 Å². The summed E-state index contributed by atoms with van der Waals surface area (Å²) in [4.78, 5) is 12.1. The first kappa shape index (κ1) is 16.0. The molecular weight excluding hydrogens is 310 g/mol. The minimum absolute atomic E-state index is 0.00864. The number of carbonyl (C=O) groups is 1. The molecule has 0 unspecified atom stereocenters. The first-order valence-electron chi connectivity index (χ1n) is 6.89. The van der Waals surface area contributed by atoms with E-state index in [2.05, 4.69) is 11.4 Å². The van der Waals surface area contributed by atoms with E-state index >= 15 is 0 Å². The zero-order valence-electron chi connectivity index (χ0n) is 11.9. The highest BCUT2D eigenvalue weighted by molar-refractivity contribution is 8.13. The van der Waals surface area contributed by atoms with E-state index in [0.29, 0.717) is 17.7 Å². The lowest BCUT2D eigenvalue weighted by molar-refractivity contribution is 0.0953. The van der Waals surface area contributed by atoms with Crippen LogP contribution in [0.2, 0.25) is 0 Å². The van der Waals surface area contributed by atoms with Gasteiger partial charge in [0.15, 0.2) is 0 Å². The predicted octanol–water partition coefficient (Wildman–Crippen LogP) is 3.15. The molecule has 1 N–H and O–H groups in total. The smallest absolute Gasteiger partial charge is 0.261 e. The molecule has 0 spiro atoms. The van der Waals surface area contributed by atoms with E-state index in [-0.39, 0.29) is 10.8 Å². The molecule has 0 aliphatic heterocycles. The molecule has 0 saturated carbocycles. The highest BCUT2D eigenvalue weighted by Gasteiger charge is 2.15. The van der Waals surface area contributed by atoms with Crippen molar-refractivity contribution in [2.75, 3.05) is 6.54 Å². The molecule has 114 valence electrons. The van der Waals surface area contributed by atoms with Crippen molar-refractivity contribution in [1.29, 1.82) is 0 Å². The van der Waals surface area contributed by atoms with E-state index in [1.807, 2.05) is 0 Å². The van der Waals surface area contributed by atoms with Crippen LogP contribution in [0.5, 0.6) is 0 Å². The third-order valence-electron chi connectivity index (χ3n) is 3.59. The van der Waals surface area contributed by atoms with Crippen LogP contribution in [0.25, 0.3) is 0 Å². The lowest BCUT2D eigenvalue weighted by Gasteiger charge is -2.09. The Morgan fingerprint density at radius 3 is 2.71 bits per heavy atom. The predicted molar refractivity (Wildman–Crippen MR) is 83.1 cm³/mol. The molecule has 21 heavy (non-hydrogen) atoms. The molecule has 0 aromatic heterocycles. The Balaban J connectivity index is 1.99. The molecule has 4 nitrogen and oxygen atoms in total. The molecule has 1 amide bonds. The number of amides is 1. The molecule has 0 radical (unpaired) electrons. The van der Waals surface area contributed by atoms with Crippen LogP contribution in [-0.4, -0.2) is 20.9 Å². The Bertz CT molecular complexity index is 680. The average Bonchev–Trinajstić information content (AvgIpc) is 2.90. The van der Waals surface area contributed by atoms with Crippen molar-refractivity contribution in [3.63, 3.8) is 0 Å². The van der Waals surface area contributed by atoms with Gasteiger partial charge in [0.25, 0.3) is 15.0 Å². The summed E-state index contributed by atoms with van der Waals surface area (Å²) in [5, 5.41) is 2.86. The summed E-state index contributed by atoms with van der Waals surface area (Å²) in [6.45, 7) is 2.29. The van der Waals surface area contributed by atoms with Gasteiger partial charge in [-0.2, -0.15) is 0 Å². The molecule has 0 atom stereocenters. The van der Waals surface area contributed by atoms with Crippen molar-refractivity contribution in [3.8, 4) is 0 Å². The van der Waals surface area contributed by atoms with Crippen molar-refractivity contribution in [2.24, 2.45) is 0 Å². The van der Waals surface area contributed by atoms with Crippen LogP contribution >= 0.6 is 10.7 Å². The minimum atomic E-state index is -3.76. The van der Waals surface area contributed by atoms with Crippen molar-refractivity contribution < 1.29 is 13.2 Å². The van der Waals surface area contributed by atoms with Gasteiger partial charge in [0, 0.05) is 22.8 Å². The molecular formula is C15H18ClNO3S. The van der Waals surface area contributed by atoms with Gasteiger partial charge in [-0.25, -0.2) is 8.42 Å². The highest BCUT2D eigenvalue weighted by atomic mass is 35.7. The summed E-state index contributed by atoms with van der Waals surface area (Å²) in [5.74, 6) is -0.190. The monoisotopic (exact) mass is 327 g/mol. The lowest BCUT2D eigenvalue weighted by Crippen LogP contribution is -2.25. The molecule has 2 rings (SSSR count). The Kier molecular flexibility index (Phi) is 5.06. The largest absolute Gasteiger partial charge is 0.352 e. The number of hydrogen-bond acceptors (Lipinski definition) is 3. The first-order chi connectivity index (χ1) is 9.88. The zero-order chi connectivity index (χ0) is 15.5. The molecule has 6 heteroatoms. The van der Waals surface area contributed by atoms with Crippen molar-refractivity contribution in [2.45, 2.75) is 37.5 Å². The number of aryl methyl sites for hydroxylation is 1. The highest BCUT2D eigenvalue weighted by Crippen LogP contribution is 2.21. The van der Waals surface area contributed by atoms with Crippen molar-refractivity contribution in [1.82, 2.24) is 5.32 Å². The topological polar surface area (TPSA) is 63.2 Å². The fourth-order valence-electron chi connectivity index (χ4n) is 2.44. The number of rotatable bonds is 5. The lowest BCUT2D eigenvalue weighted by atomic mass is 10.1. The van der Waals surface area contributed by atoms with Gasteiger partial charge < -0.3 is 5.32 Å². The van der Waals surface area contributed by atoms with E-state index in [1.165, 1.54) is 30.2 Å². The normalized spacial score (nSPS) is 14.9. The fourth-order valence-corrected chi connectivity index (χ4v) is 3.27. The Labute approximate surface area is 129 Å². The van der Waals surface area contributed by atoms with Gasteiger partial charge in [-0.15, -0.1) is 0 Å². The van der Waals surface area contributed by atoms with E-state index in [9.17, 15) is 13.2 Å². The number of halogens is 1. The Morgan fingerprint density at radius 1 is 1.38 bits per heavy atom. The van der Waals surface area contributed by atoms with Gasteiger partial charge in [0.05, 0.1) is 4.90 Å². The summed E-state index contributed by atoms with van der Waals surface area (Å²) in [5.41, 5.74) is 2.46. The van der Waals surface area contributed by atoms with Gasteiger partial charge >= 0.3 is 0 Å². The molecule has 0 heterocycles. The zero-order valence-corrected chi connectivity index (χ0v) is 13.4. The van der Waals surface area contributed by atoms with Gasteiger partial charge in [0.2, 0.25) is 0 Å². The van der Waals surface area contributed by atoms with Crippen LogP contribution in [0.15, 0.2) is 34.7 Å². The second-order valence-electron chi connectivity index (χ2n) is 5.18. The third-order valence-corrected chi connectivity index (χ3v) is 4.94. The van der Waals surface area contributed by atoms with Gasteiger partial charge in [-0.3, -0.25) is 4.79 Å². The Morgan fingerprint density at radius 2 is 2.14 bits per heavy atom. The van der Waals surface area contributed by atoms with Crippen LogP contribution in [-0.2, 0) is 9.05 Å². The summed E-state index contributed by atoms with van der Waals surface area (Å²) in [7, 11) is 1.52. The second-order valence-corrected chi connectivity index (χ2v) is 7.74. The molecule has 0 saturated heterocycles. The Hall–Kier alpha value is -1.33. The molecule has 0 fully saturated rings. The first-order valence-corrected chi connectivity index (χ1v) is 9.20. The molecule has 1 aromatic rings. The average molecular weight is 328 g/mol. The third kappa shape index (κ3) is 4.32. The maximum atomic E-state index is 12.1. The standard InChI is InChI=1S/C15H18ClNO3S/c1-11-10-13(21(16,19)20)6-7-14(11)15(18)17-9-8-12-4-2-3-5-12/h4,6-7,10H,2-3,5,8-9H2,1H3,(H,17,18). The van der Waals surface area contributed by atoms with E-state index < -0.39 is 9.05 Å². The van der Waals surface area contributed by atoms with Crippen LogP contribution in [0, 0.1) is 6.92 Å². The number of carbonyl (C=O) groups excluding carboxylic acids is 1. The molecule has 1 aromatic carbocycles. The number of benzene rings is 1. The van der Waals surface area contributed by atoms with E-state index in [4.69, 9.17) is 10.7 Å². The van der Waals surface area contributed by atoms with Crippen LogP contribution in [0.3, 0.4) is 0 Å². The SMILES string of the molecule is Cc1cc(S(=O)(=O)Cl)ccc1C(=O)NCCC1=CCCC1. The van der Waals surface area contributed by atoms with Crippen LogP contribution in [0.4, 0.5) is 0 Å².